The summed E-state index contributed by atoms with van der Waals surface area (Å²) >= 11 is 0. The fourth-order valence-electron chi connectivity index (χ4n) is 2.71. The summed E-state index contributed by atoms with van der Waals surface area (Å²) in [4.78, 5) is 4.19. The summed E-state index contributed by atoms with van der Waals surface area (Å²) in [6.07, 6.45) is 3.31. The second-order valence-electron chi connectivity index (χ2n) is 5.87. The van der Waals surface area contributed by atoms with Crippen molar-refractivity contribution in [1.29, 1.82) is 0 Å². The van der Waals surface area contributed by atoms with Crippen LogP contribution < -0.4 is 4.31 Å². The number of nitrogens with zero attached hydrogens (tertiary/aromatic N) is 3. The molecule has 0 fully saturated rings. The molecule has 0 spiro atoms. The number of rotatable bonds is 5. The van der Waals surface area contributed by atoms with Crippen LogP contribution in [0.15, 0.2) is 58.2 Å². The Labute approximate surface area is 147 Å². The fourth-order valence-corrected chi connectivity index (χ4v) is 4.45. The Morgan fingerprint density at radius 3 is 2.52 bits per heavy atom. The van der Waals surface area contributed by atoms with Crippen LogP contribution in [0.2, 0.25) is 0 Å². The quantitative estimate of drug-likeness (QED) is 0.699. The molecule has 0 unspecified atom stereocenters. The van der Waals surface area contributed by atoms with Gasteiger partial charge in [0, 0.05) is 12.4 Å². The lowest BCUT2D eigenvalue weighted by molar-refractivity contribution is 0.390. The number of hydrogen-bond acceptors (Lipinski definition) is 5. The summed E-state index contributed by atoms with van der Waals surface area (Å²) in [6.45, 7) is 5.32. The highest BCUT2D eigenvalue weighted by atomic mass is 32.2. The lowest BCUT2D eigenvalue weighted by Crippen LogP contribution is -2.31. The third-order valence-electron chi connectivity index (χ3n) is 3.85. The van der Waals surface area contributed by atoms with Gasteiger partial charge in [-0.25, -0.2) is 8.42 Å². The number of sulfonamides is 1. The van der Waals surface area contributed by atoms with Gasteiger partial charge in [-0.1, -0.05) is 23.4 Å². The van der Waals surface area contributed by atoms with Crippen molar-refractivity contribution in [2.45, 2.75) is 32.2 Å². The molecule has 0 saturated heterocycles. The maximum atomic E-state index is 13.4. The van der Waals surface area contributed by atoms with Gasteiger partial charge < -0.3 is 4.52 Å². The first-order valence-electron chi connectivity index (χ1n) is 7.81. The van der Waals surface area contributed by atoms with E-state index in [9.17, 15) is 8.42 Å². The molecule has 1 aromatic carbocycles. The van der Waals surface area contributed by atoms with Gasteiger partial charge in [0.15, 0.2) is 10.7 Å². The summed E-state index contributed by atoms with van der Waals surface area (Å²) in [6, 6.07) is 11.0. The standard InChI is InChI=1S/C18H19N3O3S/c1-13-6-4-8-17(10-13)21(12-16-7-5-9-19-11-16)25(22,23)18-14(2)20-24-15(18)3/h4-11H,12H2,1-3H3. The molecular weight excluding hydrogens is 338 g/mol. The van der Waals surface area contributed by atoms with Gasteiger partial charge >= 0.3 is 0 Å². The Morgan fingerprint density at radius 2 is 1.92 bits per heavy atom. The van der Waals surface area contributed by atoms with Crippen molar-refractivity contribution < 1.29 is 12.9 Å². The molecule has 2 aromatic heterocycles. The van der Waals surface area contributed by atoms with E-state index in [2.05, 4.69) is 10.1 Å². The van der Waals surface area contributed by atoms with Gasteiger partial charge in [0.25, 0.3) is 10.0 Å². The van der Waals surface area contributed by atoms with Crippen LogP contribution in [0, 0.1) is 20.8 Å². The van der Waals surface area contributed by atoms with E-state index in [1.165, 1.54) is 4.31 Å². The molecule has 0 bridgehead atoms. The minimum absolute atomic E-state index is 0.109. The highest BCUT2D eigenvalue weighted by Gasteiger charge is 2.31. The molecule has 0 aliphatic heterocycles. The fraction of sp³-hybridized carbons (Fsp3) is 0.222. The number of pyridine rings is 1. The number of hydrogen-bond donors (Lipinski definition) is 0. The Kier molecular flexibility index (Phi) is 4.59. The van der Waals surface area contributed by atoms with E-state index in [-0.39, 0.29) is 17.2 Å². The van der Waals surface area contributed by atoms with Crippen molar-refractivity contribution in [2.75, 3.05) is 4.31 Å². The van der Waals surface area contributed by atoms with Crippen molar-refractivity contribution in [3.63, 3.8) is 0 Å². The van der Waals surface area contributed by atoms with Crippen molar-refractivity contribution in [2.24, 2.45) is 0 Å². The third kappa shape index (κ3) is 3.41. The van der Waals surface area contributed by atoms with Crippen molar-refractivity contribution in [3.05, 3.63) is 71.4 Å². The largest absolute Gasteiger partial charge is 0.360 e. The molecule has 0 amide bonds. The van der Waals surface area contributed by atoms with E-state index in [1.807, 2.05) is 31.2 Å². The van der Waals surface area contributed by atoms with E-state index < -0.39 is 10.0 Å². The number of benzene rings is 1. The summed E-state index contributed by atoms with van der Waals surface area (Å²) in [7, 11) is -3.84. The van der Waals surface area contributed by atoms with Gasteiger partial charge in [0.1, 0.15) is 5.69 Å². The zero-order chi connectivity index (χ0) is 18.0. The van der Waals surface area contributed by atoms with Crippen LogP contribution >= 0.6 is 0 Å². The first-order chi connectivity index (χ1) is 11.9. The summed E-state index contributed by atoms with van der Waals surface area (Å²) < 4.78 is 33.2. The van der Waals surface area contributed by atoms with Gasteiger partial charge in [-0.3, -0.25) is 9.29 Å². The van der Waals surface area contributed by atoms with Crippen LogP contribution in [0.25, 0.3) is 0 Å². The van der Waals surface area contributed by atoms with E-state index in [0.717, 1.165) is 11.1 Å². The van der Waals surface area contributed by atoms with Crippen LogP contribution in [0.5, 0.6) is 0 Å². The molecule has 0 radical (unpaired) electrons. The molecule has 0 atom stereocenters. The van der Waals surface area contributed by atoms with Crippen molar-refractivity contribution in [3.8, 4) is 0 Å². The van der Waals surface area contributed by atoms with Crippen LogP contribution in [-0.4, -0.2) is 18.6 Å². The maximum absolute atomic E-state index is 13.4. The average Bonchev–Trinajstić information content (AvgIpc) is 2.93. The molecule has 0 aliphatic rings. The molecule has 3 aromatic rings. The molecule has 25 heavy (non-hydrogen) atoms. The zero-order valence-electron chi connectivity index (χ0n) is 14.3. The first kappa shape index (κ1) is 17.2. The molecule has 6 nitrogen and oxygen atoms in total. The Morgan fingerprint density at radius 1 is 1.12 bits per heavy atom. The second-order valence-corrected chi connectivity index (χ2v) is 7.66. The summed E-state index contributed by atoms with van der Waals surface area (Å²) in [5, 5.41) is 3.79. The monoisotopic (exact) mass is 357 g/mol. The number of aryl methyl sites for hydroxylation is 3. The van der Waals surface area contributed by atoms with E-state index in [4.69, 9.17) is 4.52 Å². The topological polar surface area (TPSA) is 76.3 Å². The number of anilines is 1. The molecule has 0 N–H and O–H groups in total. The molecular formula is C18H19N3O3S. The zero-order valence-corrected chi connectivity index (χ0v) is 15.1. The smallest absolute Gasteiger partial charge is 0.270 e. The minimum Gasteiger partial charge on any atom is -0.360 e. The SMILES string of the molecule is Cc1cccc(N(Cc2cccnc2)S(=O)(=O)c2c(C)noc2C)c1. The molecule has 0 saturated carbocycles. The Balaban J connectivity index is 2.14. The van der Waals surface area contributed by atoms with Gasteiger partial charge in [-0.15, -0.1) is 0 Å². The predicted molar refractivity (Wildman–Crippen MR) is 94.8 cm³/mol. The molecule has 2 heterocycles. The predicted octanol–water partition coefficient (Wildman–Crippen LogP) is 3.39. The first-order valence-corrected chi connectivity index (χ1v) is 9.25. The lowest BCUT2D eigenvalue weighted by Gasteiger charge is -2.24. The third-order valence-corrected chi connectivity index (χ3v) is 5.87. The minimum atomic E-state index is -3.84. The Hall–Kier alpha value is -2.67. The molecule has 7 heteroatoms. The number of aromatic nitrogens is 2. The van der Waals surface area contributed by atoms with Gasteiger partial charge in [0.05, 0.1) is 12.2 Å². The van der Waals surface area contributed by atoms with E-state index in [1.54, 1.807) is 38.4 Å². The van der Waals surface area contributed by atoms with Crippen molar-refractivity contribution >= 4 is 15.7 Å². The Bertz CT molecular complexity index is 962. The van der Waals surface area contributed by atoms with E-state index in [0.29, 0.717) is 11.4 Å². The maximum Gasteiger partial charge on any atom is 0.270 e. The lowest BCUT2D eigenvalue weighted by atomic mass is 10.2. The second kappa shape index (κ2) is 6.68. The van der Waals surface area contributed by atoms with Crippen LogP contribution in [0.1, 0.15) is 22.6 Å². The highest BCUT2D eigenvalue weighted by Crippen LogP contribution is 2.29. The highest BCUT2D eigenvalue weighted by molar-refractivity contribution is 7.92. The van der Waals surface area contributed by atoms with Gasteiger partial charge in [-0.05, 0) is 50.1 Å². The van der Waals surface area contributed by atoms with Crippen molar-refractivity contribution in [1.82, 2.24) is 10.1 Å². The van der Waals surface area contributed by atoms with Crippen LogP contribution in [-0.2, 0) is 16.6 Å². The molecule has 130 valence electrons. The van der Waals surface area contributed by atoms with Gasteiger partial charge in [-0.2, -0.15) is 0 Å². The summed E-state index contributed by atoms with van der Waals surface area (Å²) in [5.74, 6) is 0.279. The molecule has 0 aliphatic carbocycles. The van der Waals surface area contributed by atoms with Crippen LogP contribution in [0.4, 0.5) is 5.69 Å². The van der Waals surface area contributed by atoms with Crippen LogP contribution in [0.3, 0.4) is 0 Å². The van der Waals surface area contributed by atoms with E-state index >= 15 is 0 Å². The normalized spacial score (nSPS) is 11.5. The summed E-state index contributed by atoms with van der Waals surface area (Å²) in [5.41, 5.74) is 2.70. The average molecular weight is 357 g/mol. The van der Waals surface area contributed by atoms with Gasteiger partial charge in [0.2, 0.25) is 0 Å². The molecule has 3 rings (SSSR count).